The quantitative estimate of drug-likeness (QED) is 0.749. The van der Waals surface area contributed by atoms with Crippen LogP contribution in [0.5, 0.6) is 0 Å². The molecule has 1 aliphatic heterocycles. The third kappa shape index (κ3) is 2.50. The summed E-state index contributed by atoms with van der Waals surface area (Å²) in [7, 11) is 1.43. The first kappa shape index (κ1) is 12.1. The average Bonchev–Trinajstić information content (AvgIpc) is 2.27. The first-order chi connectivity index (χ1) is 8.16. The van der Waals surface area contributed by atoms with Crippen molar-refractivity contribution in [2.75, 3.05) is 20.3 Å². The topological polar surface area (TPSA) is 35.5 Å². The maximum absolute atomic E-state index is 11.2. The largest absolute Gasteiger partial charge is 0.469 e. The van der Waals surface area contributed by atoms with Gasteiger partial charge in [0.2, 0.25) is 0 Å². The molecule has 1 fully saturated rings. The van der Waals surface area contributed by atoms with E-state index in [-0.39, 0.29) is 11.4 Å². The summed E-state index contributed by atoms with van der Waals surface area (Å²) >= 11 is 0. The number of methoxy groups -OCH3 is 1. The van der Waals surface area contributed by atoms with Crippen LogP contribution in [-0.4, -0.2) is 26.3 Å². The van der Waals surface area contributed by atoms with E-state index in [9.17, 15) is 4.79 Å². The lowest BCUT2D eigenvalue weighted by molar-refractivity contribution is -0.142. The molecule has 1 saturated heterocycles. The minimum absolute atomic E-state index is 0.0141. The predicted molar refractivity (Wildman–Crippen MR) is 64.9 cm³/mol. The highest BCUT2D eigenvalue weighted by Gasteiger charge is 2.40. The molecule has 1 aromatic carbocycles. The second kappa shape index (κ2) is 4.88. The normalized spacial score (nSPS) is 17.3. The van der Waals surface area contributed by atoms with Gasteiger partial charge in [0.25, 0.3) is 0 Å². The molecule has 0 aromatic heterocycles. The highest BCUT2D eigenvalue weighted by molar-refractivity contribution is 5.69. The maximum Gasteiger partial charge on any atom is 0.305 e. The average molecular weight is 234 g/mol. The van der Waals surface area contributed by atoms with Crippen molar-refractivity contribution in [2.24, 2.45) is 0 Å². The van der Waals surface area contributed by atoms with Gasteiger partial charge in [0.1, 0.15) is 0 Å². The van der Waals surface area contributed by atoms with Gasteiger partial charge in [-0.05, 0) is 18.9 Å². The van der Waals surface area contributed by atoms with Crippen LogP contribution in [0.1, 0.15) is 24.0 Å². The monoisotopic (exact) mass is 234 g/mol. The van der Waals surface area contributed by atoms with Crippen molar-refractivity contribution < 1.29 is 14.3 Å². The van der Waals surface area contributed by atoms with Gasteiger partial charge >= 0.3 is 5.97 Å². The Morgan fingerprint density at radius 2 is 2.24 bits per heavy atom. The van der Waals surface area contributed by atoms with Crippen molar-refractivity contribution in [1.82, 2.24) is 0 Å². The van der Waals surface area contributed by atoms with Crippen LogP contribution in [0.15, 0.2) is 24.3 Å². The van der Waals surface area contributed by atoms with Crippen molar-refractivity contribution in [2.45, 2.75) is 25.2 Å². The highest BCUT2D eigenvalue weighted by atomic mass is 16.5. The SMILES string of the molecule is COC(=O)CCC1(c2cccc(C)c2)COC1. The first-order valence-corrected chi connectivity index (χ1v) is 5.88. The summed E-state index contributed by atoms with van der Waals surface area (Å²) in [5.74, 6) is -0.149. The molecule has 0 bridgehead atoms. The molecular formula is C14H18O3. The van der Waals surface area contributed by atoms with Gasteiger partial charge in [-0.25, -0.2) is 0 Å². The Morgan fingerprint density at radius 1 is 1.47 bits per heavy atom. The summed E-state index contributed by atoms with van der Waals surface area (Å²) in [6.45, 7) is 3.48. The summed E-state index contributed by atoms with van der Waals surface area (Å²) in [5, 5.41) is 0. The lowest BCUT2D eigenvalue weighted by Crippen LogP contribution is -2.47. The van der Waals surface area contributed by atoms with E-state index in [0.717, 1.165) is 6.42 Å². The molecule has 3 heteroatoms. The number of carbonyl (C=O) groups is 1. The van der Waals surface area contributed by atoms with E-state index < -0.39 is 0 Å². The fraction of sp³-hybridized carbons (Fsp3) is 0.500. The lowest BCUT2D eigenvalue weighted by atomic mass is 9.74. The number of hydrogen-bond donors (Lipinski definition) is 0. The zero-order chi connectivity index (χ0) is 12.3. The minimum atomic E-state index is -0.149. The van der Waals surface area contributed by atoms with E-state index in [1.165, 1.54) is 18.2 Å². The number of ether oxygens (including phenoxy) is 2. The Balaban J connectivity index is 2.11. The van der Waals surface area contributed by atoms with Gasteiger partial charge in [0.05, 0.1) is 20.3 Å². The third-order valence-electron chi connectivity index (χ3n) is 3.42. The van der Waals surface area contributed by atoms with Crippen LogP contribution in [0.2, 0.25) is 0 Å². The Labute approximate surface area is 102 Å². The number of aryl methyl sites for hydroxylation is 1. The summed E-state index contributed by atoms with van der Waals surface area (Å²) in [5.41, 5.74) is 2.53. The molecule has 1 aromatic rings. The van der Waals surface area contributed by atoms with E-state index in [4.69, 9.17) is 9.47 Å². The molecule has 1 heterocycles. The van der Waals surface area contributed by atoms with E-state index >= 15 is 0 Å². The zero-order valence-corrected chi connectivity index (χ0v) is 10.4. The number of benzene rings is 1. The number of esters is 1. The molecule has 2 rings (SSSR count). The second-order valence-electron chi connectivity index (χ2n) is 4.72. The van der Waals surface area contributed by atoms with Gasteiger partial charge in [-0.2, -0.15) is 0 Å². The van der Waals surface area contributed by atoms with E-state index in [1.807, 2.05) is 0 Å². The Morgan fingerprint density at radius 3 is 2.76 bits per heavy atom. The summed E-state index contributed by atoms with van der Waals surface area (Å²) < 4.78 is 10.0. The second-order valence-corrected chi connectivity index (χ2v) is 4.72. The number of carbonyl (C=O) groups excluding carboxylic acids is 1. The third-order valence-corrected chi connectivity index (χ3v) is 3.42. The molecule has 0 N–H and O–H groups in total. The van der Waals surface area contributed by atoms with Crippen molar-refractivity contribution >= 4 is 5.97 Å². The van der Waals surface area contributed by atoms with Gasteiger partial charge in [-0.15, -0.1) is 0 Å². The molecule has 0 radical (unpaired) electrons. The molecule has 1 aliphatic rings. The fourth-order valence-corrected chi connectivity index (χ4v) is 2.22. The van der Waals surface area contributed by atoms with Crippen LogP contribution in [0.25, 0.3) is 0 Å². The van der Waals surface area contributed by atoms with Crippen LogP contribution < -0.4 is 0 Å². The Bertz CT molecular complexity index is 408. The first-order valence-electron chi connectivity index (χ1n) is 5.88. The zero-order valence-electron chi connectivity index (χ0n) is 10.4. The van der Waals surface area contributed by atoms with Crippen LogP contribution >= 0.6 is 0 Å². The van der Waals surface area contributed by atoms with Gasteiger partial charge in [-0.1, -0.05) is 29.8 Å². The van der Waals surface area contributed by atoms with Gasteiger partial charge < -0.3 is 9.47 Å². The highest BCUT2D eigenvalue weighted by Crippen LogP contribution is 2.37. The van der Waals surface area contributed by atoms with Crippen LogP contribution in [0.4, 0.5) is 0 Å². The van der Waals surface area contributed by atoms with E-state index in [0.29, 0.717) is 19.6 Å². The maximum atomic E-state index is 11.2. The van der Waals surface area contributed by atoms with Crippen molar-refractivity contribution in [1.29, 1.82) is 0 Å². The van der Waals surface area contributed by atoms with E-state index in [2.05, 4.69) is 31.2 Å². The smallest absolute Gasteiger partial charge is 0.305 e. The molecule has 3 nitrogen and oxygen atoms in total. The standard InChI is InChI=1S/C14H18O3/c1-11-4-3-5-12(8-11)14(9-17-10-14)7-6-13(15)16-2/h3-5,8H,6-7,9-10H2,1-2H3. The van der Waals surface area contributed by atoms with Gasteiger partial charge in [-0.3, -0.25) is 4.79 Å². The summed E-state index contributed by atoms with van der Waals surface area (Å²) in [4.78, 5) is 11.2. The molecule has 17 heavy (non-hydrogen) atoms. The van der Waals surface area contributed by atoms with Crippen molar-refractivity contribution in [3.63, 3.8) is 0 Å². The predicted octanol–water partition coefficient (Wildman–Crippen LogP) is 2.22. The van der Waals surface area contributed by atoms with Crippen molar-refractivity contribution in [3.8, 4) is 0 Å². The van der Waals surface area contributed by atoms with Gasteiger partial charge in [0, 0.05) is 11.8 Å². The van der Waals surface area contributed by atoms with Gasteiger partial charge in [0.15, 0.2) is 0 Å². The van der Waals surface area contributed by atoms with Crippen LogP contribution in [0, 0.1) is 6.92 Å². The molecule has 0 spiro atoms. The Hall–Kier alpha value is -1.35. The molecular weight excluding hydrogens is 216 g/mol. The van der Waals surface area contributed by atoms with Crippen LogP contribution in [-0.2, 0) is 19.7 Å². The summed E-state index contributed by atoms with van der Waals surface area (Å²) in [6, 6.07) is 8.44. The molecule has 0 atom stereocenters. The number of hydrogen-bond acceptors (Lipinski definition) is 3. The molecule has 0 unspecified atom stereocenters. The molecule has 92 valence electrons. The lowest BCUT2D eigenvalue weighted by Gasteiger charge is -2.42. The molecule has 0 aliphatic carbocycles. The fourth-order valence-electron chi connectivity index (χ4n) is 2.22. The van der Waals surface area contributed by atoms with Crippen molar-refractivity contribution in [3.05, 3.63) is 35.4 Å². The minimum Gasteiger partial charge on any atom is -0.469 e. The van der Waals surface area contributed by atoms with Crippen LogP contribution in [0.3, 0.4) is 0 Å². The molecule has 0 saturated carbocycles. The molecule has 0 amide bonds. The Kier molecular flexibility index (Phi) is 3.48. The number of rotatable bonds is 4. The van der Waals surface area contributed by atoms with E-state index in [1.54, 1.807) is 0 Å². The summed E-state index contributed by atoms with van der Waals surface area (Å²) in [6.07, 6.45) is 1.25.